The maximum Gasteiger partial charge on any atom is 0.332 e. The van der Waals surface area contributed by atoms with E-state index in [0.717, 1.165) is 14.4 Å². The highest BCUT2D eigenvalue weighted by molar-refractivity contribution is 7.89. The molecule has 0 fully saturated rings. The molecule has 4 aromatic carbocycles. The number of nitrogens with zero attached hydrogens (tertiary/aromatic N) is 3. The molecule has 0 saturated heterocycles. The zero-order valence-electron chi connectivity index (χ0n) is 26.3. The second kappa shape index (κ2) is 16.0. The van der Waals surface area contributed by atoms with Crippen LogP contribution in [-0.2, 0) is 50.8 Å². The van der Waals surface area contributed by atoms with Gasteiger partial charge in [-0.2, -0.15) is 4.31 Å². The molecule has 5 rings (SSSR count). The van der Waals surface area contributed by atoms with Gasteiger partial charge in [0.1, 0.15) is 30.9 Å². The van der Waals surface area contributed by atoms with E-state index < -0.39 is 33.3 Å². The van der Waals surface area contributed by atoms with E-state index in [9.17, 15) is 22.8 Å². The summed E-state index contributed by atoms with van der Waals surface area (Å²) in [6.45, 7) is -0.211. The molecule has 0 aliphatic rings. The number of likely N-dealkylation sites (N-methyl/N-ethyl adjacent to an activating group) is 1. The number of carbonyl (C=O) groups is 1. The van der Waals surface area contributed by atoms with Crippen LogP contribution >= 0.6 is 0 Å². The third kappa shape index (κ3) is 8.73. The number of esters is 1. The van der Waals surface area contributed by atoms with Crippen molar-refractivity contribution in [1.82, 2.24) is 13.4 Å². The number of para-hydroxylation sites is 1. The van der Waals surface area contributed by atoms with Crippen LogP contribution < -0.4 is 16.0 Å². The molecule has 0 bridgehead atoms. The Kier molecular flexibility index (Phi) is 11.4. The van der Waals surface area contributed by atoms with Crippen molar-refractivity contribution >= 4 is 16.0 Å². The quantitative estimate of drug-likeness (QED) is 0.146. The first-order valence-corrected chi connectivity index (χ1v) is 16.6. The van der Waals surface area contributed by atoms with Crippen LogP contribution in [0.1, 0.15) is 17.5 Å². The Labute approximate surface area is 278 Å². The summed E-state index contributed by atoms with van der Waals surface area (Å²) in [6.07, 6.45) is 1.11. The summed E-state index contributed by atoms with van der Waals surface area (Å²) < 4.78 is 47.6. The van der Waals surface area contributed by atoms with E-state index in [-0.39, 0.29) is 37.8 Å². The number of benzene rings is 4. The van der Waals surface area contributed by atoms with Crippen LogP contribution in [0.5, 0.6) is 11.5 Å². The molecule has 0 aliphatic carbocycles. The smallest absolute Gasteiger partial charge is 0.332 e. The van der Waals surface area contributed by atoms with Crippen LogP contribution in [0.15, 0.2) is 142 Å². The van der Waals surface area contributed by atoms with Gasteiger partial charge in [-0.25, -0.2) is 13.2 Å². The van der Waals surface area contributed by atoms with Gasteiger partial charge in [-0.3, -0.25) is 18.7 Å². The Bertz CT molecular complexity index is 2020. The second-order valence-electron chi connectivity index (χ2n) is 10.8. The number of aromatic nitrogens is 2. The minimum atomic E-state index is -4.24. The van der Waals surface area contributed by atoms with Crippen molar-refractivity contribution in [3.8, 4) is 11.5 Å². The largest absolute Gasteiger partial charge is 0.460 e. The molecular weight excluding hydrogens is 634 g/mol. The van der Waals surface area contributed by atoms with Crippen LogP contribution in [0.3, 0.4) is 0 Å². The van der Waals surface area contributed by atoms with Gasteiger partial charge in [-0.05, 0) is 53.9 Å². The SMILES string of the molecule is CN(C(CCn1c(=O)ccn(COCc2ccccc2)c1=O)C(=O)OCc1ccccc1)S(=O)(=O)c1ccc(Oc2ccccc2)cc1. The van der Waals surface area contributed by atoms with Crippen molar-refractivity contribution in [3.05, 3.63) is 159 Å². The normalized spacial score (nSPS) is 12.0. The van der Waals surface area contributed by atoms with Gasteiger partial charge < -0.3 is 14.2 Å². The second-order valence-corrected chi connectivity index (χ2v) is 12.8. The number of ether oxygens (including phenoxy) is 3. The molecule has 1 unspecified atom stereocenters. The van der Waals surface area contributed by atoms with E-state index in [0.29, 0.717) is 17.1 Å². The van der Waals surface area contributed by atoms with Crippen molar-refractivity contribution in [2.45, 2.75) is 43.8 Å². The van der Waals surface area contributed by atoms with E-state index in [4.69, 9.17) is 14.2 Å². The lowest BCUT2D eigenvalue weighted by molar-refractivity contribution is -0.149. The third-order valence-corrected chi connectivity index (χ3v) is 9.40. The Morgan fingerprint density at radius 1 is 0.750 bits per heavy atom. The maximum atomic E-state index is 13.8. The predicted molar refractivity (Wildman–Crippen MR) is 179 cm³/mol. The van der Waals surface area contributed by atoms with Gasteiger partial charge in [-0.1, -0.05) is 78.9 Å². The fraction of sp³-hybridized carbons (Fsp3) is 0.194. The highest BCUT2D eigenvalue weighted by Crippen LogP contribution is 2.25. The molecule has 248 valence electrons. The van der Waals surface area contributed by atoms with Crippen LogP contribution in [0.25, 0.3) is 0 Å². The molecule has 0 saturated carbocycles. The number of hydrogen-bond donors (Lipinski definition) is 0. The van der Waals surface area contributed by atoms with Gasteiger partial charge >= 0.3 is 11.7 Å². The summed E-state index contributed by atoms with van der Waals surface area (Å²) in [7, 11) is -2.98. The minimum Gasteiger partial charge on any atom is -0.460 e. The van der Waals surface area contributed by atoms with Crippen LogP contribution in [0, 0.1) is 0 Å². The first kappa shape index (κ1) is 34.0. The molecule has 1 atom stereocenters. The van der Waals surface area contributed by atoms with Crippen LogP contribution in [0.2, 0.25) is 0 Å². The lowest BCUT2D eigenvalue weighted by Crippen LogP contribution is -2.46. The maximum absolute atomic E-state index is 13.8. The number of sulfonamides is 1. The summed E-state index contributed by atoms with van der Waals surface area (Å²) >= 11 is 0. The minimum absolute atomic E-state index is 0.0823. The van der Waals surface area contributed by atoms with Gasteiger partial charge in [0.15, 0.2) is 0 Å². The highest BCUT2D eigenvalue weighted by Gasteiger charge is 2.34. The summed E-state index contributed by atoms with van der Waals surface area (Å²) in [6, 6.07) is 33.0. The van der Waals surface area contributed by atoms with Crippen molar-refractivity contribution in [2.75, 3.05) is 7.05 Å². The molecular formula is C36H35N3O8S. The summed E-state index contributed by atoms with van der Waals surface area (Å²) in [4.78, 5) is 39.4. The third-order valence-electron chi connectivity index (χ3n) is 7.52. The molecule has 1 aromatic heterocycles. The molecule has 0 spiro atoms. The van der Waals surface area contributed by atoms with Gasteiger partial charge in [0.05, 0.1) is 11.5 Å². The highest BCUT2D eigenvalue weighted by atomic mass is 32.2. The fourth-order valence-corrected chi connectivity index (χ4v) is 6.20. The van der Waals surface area contributed by atoms with E-state index in [1.165, 1.54) is 48.1 Å². The van der Waals surface area contributed by atoms with Crippen molar-refractivity contribution < 1.29 is 27.4 Å². The lowest BCUT2D eigenvalue weighted by atomic mass is 10.2. The van der Waals surface area contributed by atoms with Crippen LogP contribution in [0.4, 0.5) is 0 Å². The van der Waals surface area contributed by atoms with Gasteiger partial charge in [-0.15, -0.1) is 0 Å². The molecule has 11 nitrogen and oxygen atoms in total. The van der Waals surface area contributed by atoms with E-state index in [1.54, 1.807) is 36.4 Å². The van der Waals surface area contributed by atoms with Gasteiger partial charge in [0.25, 0.3) is 5.56 Å². The zero-order chi connectivity index (χ0) is 33.9. The number of rotatable bonds is 15. The topological polar surface area (TPSA) is 126 Å². The number of carbonyl (C=O) groups excluding carboxylic acids is 1. The molecule has 0 aliphatic heterocycles. The molecule has 48 heavy (non-hydrogen) atoms. The molecule has 0 radical (unpaired) electrons. The van der Waals surface area contributed by atoms with Crippen LogP contribution in [-0.4, -0.2) is 40.9 Å². The van der Waals surface area contributed by atoms with Crippen molar-refractivity contribution in [3.63, 3.8) is 0 Å². The van der Waals surface area contributed by atoms with E-state index in [2.05, 4.69) is 0 Å². The van der Waals surface area contributed by atoms with Gasteiger partial charge in [0.2, 0.25) is 10.0 Å². The molecule has 1 heterocycles. The lowest BCUT2D eigenvalue weighted by Gasteiger charge is -2.26. The average molecular weight is 670 g/mol. The summed E-state index contributed by atoms with van der Waals surface area (Å²) in [5, 5.41) is 0. The van der Waals surface area contributed by atoms with E-state index in [1.807, 2.05) is 54.6 Å². The number of hydrogen-bond acceptors (Lipinski definition) is 8. The first-order valence-electron chi connectivity index (χ1n) is 15.2. The monoisotopic (exact) mass is 669 g/mol. The predicted octanol–water partition coefficient (Wildman–Crippen LogP) is 4.80. The Morgan fingerprint density at radius 2 is 1.31 bits per heavy atom. The van der Waals surface area contributed by atoms with Crippen molar-refractivity contribution in [2.24, 2.45) is 0 Å². The first-order chi connectivity index (χ1) is 23.2. The zero-order valence-corrected chi connectivity index (χ0v) is 27.1. The molecule has 0 N–H and O–H groups in total. The van der Waals surface area contributed by atoms with Gasteiger partial charge in [0, 0.05) is 25.9 Å². The summed E-state index contributed by atoms with van der Waals surface area (Å²) in [5.74, 6) is 0.183. The standard InChI is InChI=1S/C36H35N3O8S/c1-37(48(43,44)32-19-17-31(18-20-32)47-30-15-9-4-10-16-30)33(35(41)46-26-29-13-7-3-8-14-29)21-24-39-34(40)22-23-38(36(39)42)27-45-25-28-11-5-2-6-12-28/h2-20,22-23,33H,21,24-27H2,1H3. The Morgan fingerprint density at radius 3 is 1.94 bits per heavy atom. The fourth-order valence-electron chi connectivity index (χ4n) is 4.86. The molecule has 12 heteroatoms. The molecule has 5 aromatic rings. The summed E-state index contributed by atoms with van der Waals surface area (Å²) in [5.41, 5.74) is 0.363. The van der Waals surface area contributed by atoms with Crippen molar-refractivity contribution in [1.29, 1.82) is 0 Å². The van der Waals surface area contributed by atoms with E-state index >= 15 is 0 Å². The Balaban J connectivity index is 1.34. The molecule has 0 amide bonds. The average Bonchev–Trinajstić information content (AvgIpc) is 3.11. The Hall–Kier alpha value is -5.30.